The van der Waals surface area contributed by atoms with E-state index >= 15 is 0 Å². The van der Waals surface area contributed by atoms with Crippen molar-refractivity contribution in [3.8, 4) is 22.7 Å². The molecule has 0 saturated heterocycles. The van der Waals surface area contributed by atoms with Gasteiger partial charge in [0.15, 0.2) is 0 Å². The number of nitrogens with zero attached hydrogens (tertiary/aromatic N) is 1. The summed E-state index contributed by atoms with van der Waals surface area (Å²) in [5.41, 5.74) is 3.60. The third-order valence-corrected chi connectivity index (χ3v) is 7.73. The van der Waals surface area contributed by atoms with Gasteiger partial charge in [0.2, 0.25) is 11.8 Å². The van der Waals surface area contributed by atoms with E-state index in [-0.39, 0.29) is 18.5 Å². The van der Waals surface area contributed by atoms with Gasteiger partial charge in [-0.2, -0.15) is 0 Å². The molecule has 4 aromatic rings. The minimum absolute atomic E-state index is 0.0105. The Morgan fingerprint density at radius 1 is 0.919 bits per heavy atom. The average molecular weight is 539 g/mol. The fraction of sp³-hybridized carbons (Fsp3) is 0.214. The van der Waals surface area contributed by atoms with E-state index in [1.807, 2.05) is 42.5 Å². The lowest BCUT2D eigenvalue weighted by atomic mass is 10.1. The number of halogens is 1. The van der Waals surface area contributed by atoms with E-state index in [9.17, 15) is 9.36 Å². The van der Waals surface area contributed by atoms with Crippen molar-refractivity contribution >= 4 is 30.8 Å². The van der Waals surface area contributed by atoms with Gasteiger partial charge in [-0.3, -0.25) is 9.36 Å². The zero-order valence-corrected chi connectivity index (χ0v) is 22.3. The smallest absolute Gasteiger partial charge is 0.335 e. The number of hydrogen-bond donors (Lipinski definition) is 1. The molecule has 0 fully saturated rings. The monoisotopic (exact) mass is 538 g/mol. The van der Waals surface area contributed by atoms with Gasteiger partial charge >= 0.3 is 7.60 Å². The number of rotatable bonds is 11. The van der Waals surface area contributed by atoms with Gasteiger partial charge in [-0.1, -0.05) is 54.1 Å². The standard InChI is InChI=1S/C28H28ClN2O5P/c1-3-34-37(33,35-4-2)19-20-10-16-24(17-11-20)30-26(32)18-25-27(21-12-14-23(29)15-13-21)31-28(36-25)22-8-6-5-7-9-22/h5-17H,3-4,18-19H2,1-2H3,(H,30,32). The number of carbonyl (C=O) groups excluding carboxylic acids is 1. The van der Waals surface area contributed by atoms with Crippen LogP contribution in [0, 0.1) is 0 Å². The molecule has 3 aromatic carbocycles. The molecule has 4 rings (SSSR count). The summed E-state index contributed by atoms with van der Waals surface area (Å²) >= 11 is 6.05. The van der Waals surface area contributed by atoms with Crippen LogP contribution in [0.25, 0.3) is 22.7 Å². The molecule has 0 saturated carbocycles. The zero-order valence-electron chi connectivity index (χ0n) is 20.6. The van der Waals surface area contributed by atoms with Crippen molar-refractivity contribution in [2.45, 2.75) is 26.4 Å². The Morgan fingerprint density at radius 3 is 2.19 bits per heavy atom. The molecule has 1 N–H and O–H groups in total. The average Bonchev–Trinajstić information content (AvgIpc) is 3.30. The molecule has 0 aliphatic rings. The van der Waals surface area contributed by atoms with Crippen LogP contribution in [0.5, 0.6) is 0 Å². The highest BCUT2D eigenvalue weighted by Gasteiger charge is 2.24. The highest BCUT2D eigenvalue weighted by atomic mass is 35.5. The lowest BCUT2D eigenvalue weighted by molar-refractivity contribution is -0.115. The highest BCUT2D eigenvalue weighted by molar-refractivity contribution is 7.53. The van der Waals surface area contributed by atoms with E-state index < -0.39 is 7.60 Å². The Hall–Kier alpha value is -3.22. The molecule has 37 heavy (non-hydrogen) atoms. The summed E-state index contributed by atoms with van der Waals surface area (Å²) in [5, 5.41) is 3.50. The minimum atomic E-state index is -3.21. The zero-order chi connectivity index (χ0) is 26.3. The Balaban J connectivity index is 1.50. The maximum absolute atomic E-state index is 12.9. The van der Waals surface area contributed by atoms with Gasteiger partial charge in [0, 0.05) is 21.8 Å². The van der Waals surface area contributed by atoms with Crippen LogP contribution in [0.1, 0.15) is 25.2 Å². The fourth-order valence-corrected chi connectivity index (χ4v) is 5.63. The van der Waals surface area contributed by atoms with Crippen LogP contribution in [-0.2, 0) is 31.0 Å². The molecule has 0 atom stereocenters. The van der Waals surface area contributed by atoms with Crippen molar-refractivity contribution in [2.24, 2.45) is 0 Å². The van der Waals surface area contributed by atoms with Crippen molar-refractivity contribution in [1.82, 2.24) is 4.98 Å². The summed E-state index contributed by atoms with van der Waals surface area (Å²) in [4.78, 5) is 17.6. The van der Waals surface area contributed by atoms with Gasteiger partial charge < -0.3 is 18.8 Å². The molecule has 192 valence electrons. The largest absolute Gasteiger partial charge is 0.440 e. The van der Waals surface area contributed by atoms with Gasteiger partial charge in [0.1, 0.15) is 11.5 Å². The number of oxazole rings is 1. The van der Waals surface area contributed by atoms with Crippen molar-refractivity contribution < 1.29 is 22.8 Å². The molecular formula is C28H28ClN2O5P. The van der Waals surface area contributed by atoms with Gasteiger partial charge in [0.25, 0.3) is 0 Å². The number of nitrogens with one attached hydrogen (secondary N) is 1. The topological polar surface area (TPSA) is 90.7 Å². The lowest BCUT2D eigenvalue weighted by Gasteiger charge is -2.17. The Morgan fingerprint density at radius 2 is 1.57 bits per heavy atom. The lowest BCUT2D eigenvalue weighted by Crippen LogP contribution is -2.14. The number of amides is 1. The van der Waals surface area contributed by atoms with Crippen LogP contribution in [0.15, 0.2) is 83.3 Å². The van der Waals surface area contributed by atoms with Crippen LogP contribution in [0.2, 0.25) is 5.02 Å². The molecule has 0 aliphatic carbocycles. The summed E-state index contributed by atoms with van der Waals surface area (Å²) in [5.74, 6) is 0.628. The summed E-state index contributed by atoms with van der Waals surface area (Å²) in [7, 11) is -3.21. The number of anilines is 1. The molecule has 0 bridgehead atoms. The number of aromatic nitrogens is 1. The normalized spacial score (nSPS) is 11.4. The molecule has 9 heteroatoms. The van der Waals surface area contributed by atoms with Crippen LogP contribution in [0.3, 0.4) is 0 Å². The summed E-state index contributed by atoms with van der Waals surface area (Å²) in [6, 6.07) is 23.9. The number of hydrogen-bond acceptors (Lipinski definition) is 6. The van der Waals surface area contributed by atoms with Crippen LogP contribution in [0.4, 0.5) is 5.69 Å². The summed E-state index contributed by atoms with van der Waals surface area (Å²) in [6.45, 7) is 4.16. The van der Waals surface area contributed by atoms with Crippen molar-refractivity contribution in [3.05, 3.63) is 95.2 Å². The number of benzene rings is 3. The van der Waals surface area contributed by atoms with Gasteiger partial charge in [0.05, 0.1) is 25.8 Å². The molecular weight excluding hydrogens is 511 g/mol. The molecule has 0 spiro atoms. The first-order valence-corrected chi connectivity index (χ1v) is 14.1. The molecule has 0 radical (unpaired) electrons. The van der Waals surface area contributed by atoms with E-state index in [2.05, 4.69) is 10.3 Å². The second kappa shape index (κ2) is 12.3. The molecule has 1 aromatic heterocycles. The van der Waals surface area contributed by atoms with Crippen LogP contribution in [-0.4, -0.2) is 24.1 Å². The maximum Gasteiger partial charge on any atom is 0.335 e. The van der Waals surface area contributed by atoms with E-state index in [1.54, 1.807) is 50.2 Å². The van der Waals surface area contributed by atoms with E-state index in [4.69, 9.17) is 25.1 Å². The third kappa shape index (κ3) is 7.18. The Bertz CT molecular complexity index is 1360. The molecule has 1 amide bonds. The fourth-order valence-electron chi connectivity index (χ4n) is 3.80. The summed E-state index contributed by atoms with van der Waals surface area (Å²) < 4.78 is 29.6. The Kier molecular flexibility index (Phi) is 8.95. The molecule has 7 nitrogen and oxygen atoms in total. The highest BCUT2D eigenvalue weighted by Crippen LogP contribution is 2.51. The quantitative estimate of drug-likeness (QED) is 0.198. The SMILES string of the molecule is CCOP(=O)(Cc1ccc(NC(=O)Cc2oc(-c3ccccc3)nc2-c2ccc(Cl)cc2)cc1)OCC. The van der Waals surface area contributed by atoms with Crippen molar-refractivity contribution in [3.63, 3.8) is 0 Å². The first-order chi connectivity index (χ1) is 17.9. The van der Waals surface area contributed by atoms with Crippen LogP contribution < -0.4 is 5.32 Å². The van der Waals surface area contributed by atoms with E-state index in [1.165, 1.54) is 0 Å². The first-order valence-electron chi connectivity index (χ1n) is 12.0. The predicted molar refractivity (Wildman–Crippen MR) is 146 cm³/mol. The number of carbonyl (C=O) groups is 1. The third-order valence-electron chi connectivity index (χ3n) is 5.42. The molecule has 0 aliphatic heterocycles. The first kappa shape index (κ1) is 26.8. The second-order valence-corrected chi connectivity index (χ2v) is 10.7. The van der Waals surface area contributed by atoms with E-state index in [0.717, 1.165) is 16.7 Å². The molecule has 1 heterocycles. The van der Waals surface area contributed by atoms with E-state index in [0.29, 0.717) is 41.3 Å². The van der Waals surface area contributed by atoms with Crippen molar-refractivity contribution in [1.29, 1.82) is 0 Å². The van der Waals surface area contributed by atoms with Crippen LogP contribution >= 0.6 is 19.2 Å². The Labute approximate surface area is 221 Å². The van der Waals surface area contributed by atoms with Gasteiger partial charge in [-0.25, -0.2) is 4.98 Å². The van der Waals surface area contributed by atoms with Crippen molar-refractivity contribution in [2.75, 3.05) is 18.5 Å². The van der Waals surface area contributed by atoms with Gasteiger partial charge in [-0.15, -0.1) is 0 Å². The minimum Gasteiger partial charge on any atom is -0.440 e. The van der Waals surface area contributed by atoms with Gasteiger partial charge in [-0.05, 0) is 55.8 Å². The maximum atomic E-state index is 12.9. The predicted octanol–water partition coefficient (Wildman–Crippen LogP) is 7.61. The second-order valence-electron chi connectivity index (χ2n) is 8.19. The summed E-state index contributed by atoms with van der Waals surface area (Å²) in [6.07, 6.45) is 0.150. The molecule has 0 unspecified atom stereocenters.